The second-order valence-electron chi connectivity index (χ2n) is 6.65. The highest BCUT2D eigenvalue weighted by molar-refractivity contribution is 5.89. The van der Waals surface area contributed by atoms with E-state index in [4.69, 9.17) is 0 Å². The van der Waals surface area contributed by atoms with Crippen LogP contribution in [0.25, 0.3) is 0 Å². The average molecular weight is 302 g/mol. The van der Waals surface area contributed by atoms with Gasteiger partial charge in [0, 0.05) is 0 Å². The Morgan fingerprint density at radius 2 is 1.27 bits per heavy atom. The van der Waals surface area contributed by atoms with E-state index in [-0.39, 0.29) is 5.97 Å². The Hall–Kier alpha value is -1.31. The molecular weight excluding hydrogens is 272 g/mol. The highest BCUT2D eigenvalue weighted by atomic mass is 16.5. The summed E-state index contributed by atoms with van der Waals surface area (Å²) in [7, 11) is 1.37. The fourth-order valence-corrected chi connectivity index (χ4v) is 3.90. The molecule has 0 atom stereocenters. The van der Waals surface area contributed by atoms with Gasteiger partial charge in [0.05, 0.1) is 12.7 Å². The van der Waals surface area contributed by atoms with Gasteiger partial charge in [0.15, 0.2) is 0 Å². The molecule has 1 aromatic rings. The number of carbonyl (C=O) groups excluding carboxylic acids is 1. The molecule has 0 unspecified atom stereocenters. The summed E-state index contributed by atoms with van der Waals surface area (Å²) in [6.45, 7) is 0. The Balaban J connectivity index is 0.000000164. The van der Waals surface area contributed by atoms with E-state index < -0.39 is 0 Å². The van der Waals surface area contributed by atoms with Crippen molar-refractivity contribution in [2.75, 3.05) is 7.11 Å². The zero-order valence-electron chi connectivity index (χ0n) is 13.9. The normalized spacial score (nSPS) is 19.9. The summed E-state index contributed by atoms with van der Waals surface area (Å²) >= 11 is 0. The summed E-state index contributed by atoms with van der Waals surface area (Å²) in [5, 5.41) is 0. The van der Waals surface area contributed by atoms with Gasteiger partial charge in [0.25, 0.3) is 0 Å². The number of ether oxygens (including phenoxy) is 1. The van der Waals surface area contributed by atoms with Crippen molar-refractivity contribution in [2.45, 2.75) is 64.2 Å². The Morgan fingerprint density at radius 1 is 0.818 bits per heavy atom. The SMILES string of the molecule is C1CCC(C2CCCCC2)CC1.COC(=O)c1ccccc1. The van der Waals surface area contributed by atoms with Gasteiger partial charge in [-0.05, 0) is 24.0 Å². The third-order valence-corrected chi connectivity index (χ3v) is 5.16. The molecule has 122 valence electrons. The van der Waals surface area contributed by atoms with Crippen molar-refractivity contribution >= 4 is 5.97 Å². The minimum absolute atomic E-state index is 0.291. The van der Waals surface area contributed by atoms with Crippen LogP contribution in [0.4, 0.5) is 0 Å². The second kappa shape index (κ2) is 9.66. The molecule has 2 aliphatic rings. The van der Waals surface area contributed by atoms with Gasteiger partial charge < -0.3 is 4.74 Å². The Kier molecular flexibility index (Phi) is 7.48. The number of methoxy groups -OCH3 is 1. The predicted octanol–water partition coefficient (Wildman–Crippen LogP) is 5.62. The van der Waals surface area contributed by atoms with Crippen molar-refractivity contribution in [3.8, 4) is 0 Å². The third-order valence-electron chi connectivity index (χ3n) is 5.16. The van der Waals surface area contributed by atoms with Gasteiger partial charge in [0.2, 0.25) is 0 Å². The highest BCUT2D eigenvalue weighted by Gasteiger charge is 2.24. The van der Waals surface area contributed by atoms with E-state index in [1.165, 1.54) is 45.6 Å². The molecule has 1 aromatic carbocycles. The summed E-state index contributed by atoms with van der Waals surface area (Å²) in [5.41, 5.74) is 0.588. The maximum Gasteiger partial charge on any atom is 0.337 e. The summed E-state index contributed by atoms with van der Waals surface area (Å²) in [6.07, 6.45) is 15.4. The summed E-state index contributed by atoms with van der Waals surface area (Å²) in [6, 6.07) is 8.88. The summed E-state index contributed by atoms with van der Waals surface area (Å²) in [5.74, 6) is 1.98. The van der Waals surface area contributed by atoms with Gasteiger partial charge in [-0.1, -0.05) is 82.4 Å². The van der Waals surface area contributed by atoms with Crippen LogP contribution in [0.5, 0.6) is 0 Å². The zero-order valence-corrected chi connectivity index (χ0v) is 13.9. The lowest BCUT2D eigenvalue weighted by Gasteiger charge is -2.32. The van der Waals surface area contributed by atoms with E-state index in [1.807, 2.05) is 6.07 Å². The number of benzene rings is 1. The Morgan fingerprint density at radius 3 is 1.68 bits per heavy atom. The molecule has 0 radical (unpaired) electrons. The van der Waals surface area contributed by atoms with Crippen LogP contribution in [0.15, 0.2) is 30.3 Å². The predicted molar refractivity (Wildman–Crippen MR) is 90.9 cm³/mol. The van der Waals surface area contributed by atoms with Crippen LogP contribution in [-0.2, 0) is 4.74 Å². The van der Waals surface area contributed by atoms with E-state index in [2.05, 4.69) is 4.74 Å². The molecule has 0 heterocycles. The van der Waals surface area contributed by atoms with Crippen LogP contribution in [0.3, 0.4) is 0 Å². The minimum Gasteiger partial charge on any atom is -0.465 e. The minimum atomic E-state index is -0.291. The van der Waals surface area contributed by atoms with Crippen molar-refractivity contribution < 1.29 is 9.53 Å². The van der Waals surface area contributed by atoms with Crippen LogP contribution in [-0.4, -0.2) is 13.1 Å². The van der Waals surface area contributed by atoms with E-state index >= 15 is 0 Å². The molecule has 0 amide bonds. The molecule has 2 heteroatoms. The molecule has 3 rings (SSSR count). The first kappa shape index (κ1) is 17.1. The quantitative estimate of drug-likeness (QED) is 0.663. The van der Waals surface area contributed by atoms with Crippen LogP contribution in [0.2, 0.25) is 0 Å². The van der Waals surface area contributed by atoms with E-state index in [0.29, 0.717) is 5.56 Å². The highest BCUT2D eigenvalue weighted by Crippen LogP contribution is 2.37. The molecule has 2 fully saturated rings. The lowest BCUT2D eigenvalue weighted by Crippen LogP contribution is -2.20. The number of hydrogen-bond donors (Lipinski definition) is 0. The topological polar surface area (TPSA) is 26.3 Å². The maximum absolute atomic E-state index is 10.8. The van der Waals surface area contributed by atoms with Crippen LogP contribution in [0, 0.1) is 11.8 Å². The summed E-state index contributed by atoms with van der Waals surface area (Å²) < 4.78 is 4.50. The Bertz CT molecular complexity index is 399. The van der Waals surface area contributed by atoms with Crippen molar-refractivity contribution in [1.82, 2.24) is 0 Å². The first-order valence-corrected chi connectivity index (χ1v) is 8.94. The first-order chi connectivity index (χ1) is 10.8. The molecule has 0 aliphatic heterocycles. The van der Waals surface area contributed by atoms with Crippen molar-refractivity contribution in [3.05, 3.63) is 35.9 Å². The van der Waals surface area contributed by atoms with Crippen LogP contribution in [0.1, 0.15) is 74.6 Å². The average Bonchev–Trinajstić information content (AvgIpc) is 2.64. The molecule has 0 bridgehead atoms. The fraction of sp³-hybridized carbons (Fsp3) is 0.650. The molecule has 2 saturated carbocycles. The van der Waals surface area contributed by atoms with Crippen molar-refractivity contribution in [2.24, 2.45) is 11.8 Å². The van der Waals surface area contributed by atoms with Gasteiger partial charge in [-0.3, -0.25) is 0 Å². The number of esters is 1. The molecule has 0 N–H and O–H groups in total. The largest absolute Gasteiger partial charge is 0.465 e. The van der Waals surface area contributed by atoms with Crippen molar-refractivity contribution in [1.29, 1.82) is 0 Å². The fourth-order valence-electron chi connectivity index (χ4n) is 3.90. The Labute approximate surface area is 135 Å². The smallest absolute Gasteiger partial charge is 0.337 e. The van der Waals surface area contributed by atoms with Crippen LogP contribution < -0.4 is 0 Å². The van der Waals surface area contributed by atoms with E-state index in [0.717, 1.165) is 11.8 Å². The summed E-state index contributed by atoms with van der Waals surface area (Å²) in [4.78, 5) is 10.8. The molecule has 0 aromatic heterocycles. The molecular formula is C20H30O2. The molecule has 0 saturated heterocycles. The first-order valence-electron chi connectivity index (χ1n) is 8.94. The molecule has 2 nitrogen and oxygen atoms in total. The van der Waals surface area contributed by atoms with Gasteiger partial charge in [0.1, 0.15) is 0 Å². The maximum atomic E-state index is 10.8. The lowest BCUT2D eigenvalue weighted by atomic mass is 9.73. The number of carbonyl (C=O) groups is 1. The standard InChI is InChI=1S/C12H22.C8H8O2/c1-3-7-11(8-4-1)12-9-5-2-6-10-12;1-10-8(9)7-5-3-2-4-6-7/h11-12H,1-10H2;2-6H,1H3. The van der Waals surface area contributed by atoms with Crippen molar-refractivity contribution in [3.63, 3.8) is 0 Å². The monoisotopic (exact) mass is 302 g/mol. The molecule has 0 spiro atoms. The van der Waals surface area contributed by atoms with E-state index in [9.17, 15) is 4.79 Å². The third kappa shape index (κ3) is 5.47. The zero-order chi connectivity index (χ0) is 15.6. The van der Waals surface area contributed by atoms with Gasteiger partial charge in [-0.25, -0.2) is 4.79 Å². The number of rotatable bonds is 2. The van der Waals surface area contributed by atoms with E-state index in [1.54, 1.807) is 49.9 Å². The molecule has 22 heavy (non-hydrogen) atoms. The van der Waals surface area contributed by atoms with Gasteiger partial charge in [-0.15, -0.1) is 0 Å². The van der Waals surface area contributed by atoms with Crippen LogP contribution >= 0.6 is 0 Å². The second-order valence-corrected chi connectivity index (χ2v) is 6.65. The number of hydrogen-bond acceptors (Lipinski definition) is 2. The van der Waals surface area contributed by atoms with Gasteiger partial charge >= 0.3 is 5.97 Å². The molecule has 2 aliphatic carbocycles. The lowest BCUT2D eigenvalue weighted by molar-refractivity contribution is 0.0600. The van der Waals surface area contributed by atoms with Gasteiger partial charge in [-0.2, -0.15) is 0 Å².